The number of nitrogens with two attached hydrogens (primary N) is 1. The Hall–Kier alpha value is -0.460. The van der Waals surface area contributed by atoms with E-state index in [2.05, 4.69) is 11.4 Å². The first-order chi connectivity index (χ1) is 10.9. The maximum absolute atomic E-state index is 11.5. The van der Waals surface area contributed by atoms with Crippen LogP contribution in [-0.4, -0.2) is 35.2 Å². The van der Waals surface area contributed by atoms with E-state index in [-0.39, 0.29) is 6.61 Å². The second kappa shape index (κ2) is 13.9. The molecule has 7 nitrogen and oxygen atoms in total. The van der Waals surface area contributed by atoms with Gasteiger partial charge in [-0.3, -0.25) is 13.8 Å². The minimum absolute atomic E-state index is 0.118. The average molecular weight is 353 g/mol. The molecule has 0 fully saturated rings. The van der Waals surface area contributed by atoms with Gasteiger partial charge in [-0.15, -0.1) is 0 Å². The van der Waals surface area contributed by atoms with Gasteiger partial charge >= 0.3 is 13.8 Å². The van der Waals surface area contributed by atoms with Crippen LogP contribution in [0.2, 0.25) is 0 Å². The fourth-order valence-electron chi connectivity index (χ4n) is 2.05. The Bertz CT molecular complexity index is 353. The molecule has 4 N–H and O–H groups in total. The third kappa shape index (κ3) is 14.8. The number of aliphatic carboxylic acids is 1. The van der Waals surface area contributed by atoms with Gasteiger partial charge in [-0.1, -0.05) is 64.7 Å². The van der Waals surface area contributed by atoms with Gasteiger partial charge in [0.2, 0.25) is 0 Å². The molecule has 2 unspecified atom stereocenters. The van der Waals surface area contributed by atoms with Crippen LogP contribution in [0, 0.1) is 0 Å². The topological polar surface area (TPSA) is 119 Å². The lowest BCUT2D eigenvalue weighted by Crippen LogP contribution is -2.34. The second-order valence-electron chi connectivity index (χ2n) is 5.72. The summed E-state index contributed by atoms with van der Waals surface area (Å²) in [5.74, 6) is -1.29. The number of carboxylic acid groups (broad SMARTS) is 1. The van der Waals surface area contributed by atoms with Gasteiger partial charge in [-0.05, 0) is 6.42 Å². The van der Waals surface area contributed by atoms with Crippen LogP contribution in [-0.2, 0) is 18.4 Å². The number of hydrogen-bond donors (Lipinski definition) is 3. The molecule has 138 valence electrons. The van der Waals surface area contributed by atoms with Crippen LogP contribution in [0.3, 0.4) is 0 Å². The predicted molar refractivity (Wildman–Crippen MR) is 89.2 cm³/mol. The van der Waals surface area contributed by atoms with Crippen molar-refractivity contribution < 1.29 is 28.4 Å². The van der Waals surface area contributed by atoms with Gasteiger partial charge in [0.1, 0.15) is 6.04 Å². The number of carboxylic acids is 1. The minimum Gasteiger partial charge on any atom is -0.480 e. The predicted octanol–water partition coefficient (Wildman–Crippen LogP) is 3.45. The average Bonchev–Trinajstić information content (AvgIpc) is 2.50. The maximum atomic E-state index is 11.5. The lowest BCUT2D eigenvalue weighted by Gasteiger charge is -2.13. The summed E-state index contributed by atoms with van der Waals surface area (Å²) in [6.45, 7) is 1.77. The number of unbranched alkanes of at least 4 members (excludes halogenated alkanes) is 9. The SMILES string of the molecule is CCCCCCCCCCCCOP(=O)(O)OCC(N)C(=O)O. The Morgan fingerprint density at radius 2 is 1.48 bits per heavy atom. The van der Waals surface area contributed by atoms with Crippen LogP contribution in [0.25, 0.3) is 0 Å². The molecular weight excluding hydrogens is 321 g/mol. The Kier molecular flexibility index (Phi) is 13.7. The minimum atomic E-state index is -4.21. The van der Waals surface area contributed by atoms with E-state index in [1.807, 2.05) is 0 Å². The largest absolute Gasteiger partial charge is 0.480 e. The summed E-state index contributed by atoms with van der Waals surface area (Å²) in [4.78, 5) is 19.8. The van der Waals surface area contributed by atoms with E-state index < -0.39 is 26.4 Å². The van der Waals surface area contributed by atoms with Crippen LogP contribution in [0.4, 0.5) is 0 Å². The summed E-state index contributed by atoms with van der Waals surface area (Å²) in [6, 6.07) is -1.34. The zero-order chi connectivity index (χ0) is 17.6. The van der Waals surface area contributed by atoms with Crippen LogP contribution >= 0.6 is 7.82 Å². The molecule has 0 aliphatic carbocycles. The highest BCUT2D eigenvalue weighted by atomic mass is 31.2. The standard InChI is InChI=1S/C15H32NO6P/c1-2-3-4-5-6-7-8-9-10-11-12-21-23(19,20)22-13-14(16)15(17)18/h14H,2-13,16H2,1H3,(H,17,18)(H,19,20). The van der Waals surface area contributed by atoms with Gasteiger partial charge in [0.05, 0.1) is 13.2 Å². The number of rotatable bonds is 16. The third-order valence-electron chi connectivity index (χ3n) is 3.49. The van der Waals surface area contributed by atoms with Gasteiger partial charge in [0.15, 0.2) is 0 Å². The lowest BCUT2D eigenvalue weighted by molar-refractivity contribution is -0.139. The van der Waals surface area contributed by atoms with Gasteiger partial charge in [-0.25, -0.2) is 4.57 Å². The van der Waals surface area contributed by atoms with Crippen molar-refractivity contribution in [3.8, 4) is 0 Å². The molecular formula is C15H32NO6P. The zero-order valence-electron chi connectivity index (χ0n) is 14.1. The first-order valence-corrected chi connectivity index (χ1v) is 9.99. The van der Waals surface area contributed by atoms with E-state index in [0.29, 0.717) is 6.42 Å². The number of phosphoric acid groups is 1. The Morgan fingerprint density at radius 3 is 1.96 bits per heavy atom. The lowest BCUT2D eigenvalue weighted by atomic mass is 10.1. The van der Waals surface area contributed by atoms with Crippen molar-refractivity contribution in [3.05, 3.63) is 0 Å². The summed E-state index contributed by atoms with van der Waals surface area (Å²) in [5, 5.41) is 8.54. The molecule has 0 aromatic rings. The van der Waals surface area contributed by atoms with Crippen LogP contribution in [0.1, 0.15) is 71.1 Å². The molecule has 2 atom stereocenters. The highest BCUT2D eigenvalue weighted by Gasteiger charge is 2.24. The molecule has 0 aromatic heterocycles. The highest BCUT2D eigenvalue weighted by molar-refractivity contribution is 7.47. The van der Waals surface area contributed by atoms with Gasteiger partial charge < -0.3 is 15.7 Å². The van der Waals surface area contributed by atoms with Crippen LogP contribution < -0.4 is 5.73 Å². The molecule has 0 rings (SSSR count). The fraction of sp³-hybridized carbons (Fsp3) is 0.933. The number of hydrogen-bond acceptors (Lipinski definition) is 5. The van der Waals surface area contributed by atoms with E-state index in [4.69, 9.17) is 15.4 Å². The summed E-state index contributed by atoms with van der Waals surface area (Å²) in [5.41, 5.74) is 5.17. The van der Waals surface area contributed by atoms with E-state index in [9.17, 15) is 14.3 Å². The molecule has 0 saturated heterocycles. The van der Waals surface area contributed by atoms with Crippen LogP contribution in [0.15, 0.2) is 0 Å². The maximum Gasteiger partial charge on any atom is 0.472 e. The molecule has 0 radical (unpaired) electrons. The van der Waals surface area contributed by atoms with E-state index in [1.165, 1.54) is 44.9 Å². The van der Waals surface area contributed by atoms with E-state index in [0.717, 1.165) is 12.8 Å². The van der Waals surface area contributed by atoms with Crippen molar-refractivity contribution in [1.82, 2.24) is 0 Å². The fourth-order valence-corrected chi connectivity index (χ4v) is 2.84. The Labute approximate surface area is 139 Å². The van der Waals surface area contributed by atoms with Gasteiger partial charge in [0, 0.05) is 0 Å². The molecule has 0 amide bonds. The highest BCUT2D eigenvalue weighted by Crippen LogP contribution is 2.43. The molecule has 0 aromatic carbocycles. The summed E-state index contributed by atoms with van der Waals surface area (Å²) in [7, 11) is -4.21. The second-order valence-corrected chi connectivity index (χ2v) is 7.18. The van der Waals surface area contributed by atoms with Crippen LogP contribution in [0.5, 0.6) is 0 Å². The molecule has 0 heterocycles. The molecule has 0 bridgehead atoms. The summed E-state index contributed by atoms with van der Waals surface area (Å²) >= 11 is 0. The Morgan fingerprint density at radius 1 is 1.00 bits per heavy atom. The van der Waals surface area contributed by atoms with Crippen molar-refractivity contribution in [3.63, 3.8) is 0 Å². The molecule has 0 aliphatic heterocycles. The normalized spacial score (nSPS) is 15.3. The summed E-state index contributed by atoms with van der Waals surface area (Å²) in [6.07, 6.45) is 11.6. The molecule has 0 aliphatic rings. The zero-order valence-corrected chi connectivity index (χ0v) is 15.0. The number of carbonyl (C=O) groups is 1. The third-order valence-corrected chi connectivity index (χ3v) is 4.47. The first kappa shape index (κ1) is 22.5. The van der Waals surface area contributed by atoms with Crippen molar-refractivity contribution in [2.75, 3.05) is 13.2 Å². The van der Waals surface area contributed by atoms with Crippen molar-refractivity contribution >= 4 is 13.8 Å². The number of phosphoric ester groups is 1. The van der Waals surface area contributed by atoms with Crippen molar-refractivity contribution in [2.24, 2.45) is 5.73 Å². The first-order valence-electron chi connectivity index (χ1n) is 8.49. The van der Waals surface area contributed by atoms with E-state index in [1.54, 1.807) is 0 Å². The smallest absolute Gasteiger partial charge is 0.472 e. The van der Waals surface area contributed by atoms with Crippen molar-refractivity contribution in [2.45, 2.75) is 77.2 Å². The molecule has 8 heteroatoms. The molecule has 0 spiro atoms. The molecule has 23 heavy (non-hydrogen) atoms. The monoisotopic (exact) mass is 353 g/mol. The quantitative estimate of drug-likeness (QED) is 0.287. The summed E-state index contributed by atoms with van der Waals surface area (Å²) < 4.78 is 20.8. The Balaban J connectivity index is 3.45. The van der Waals surface area contributed by atoms with Gasteiger partial charge in [0.25, 0.3) is 0 Å². The van der Waals surface area contributed by atoms with Gasteiger partial charge in [-0.2, -0.15) is 0 Å². The molecule has 0 saturated carbocycles. The van der Waals surface area contributed by atoms with Crippen molar-refractivity contribution in [1.29, 1.82) is 0 Å². The van der Waals surface area contributed by atoms with E-state index >= 15 is 0 Å².